The van der Waals surface area contributed by atoms with Gasteiger partial charge in [-0.2, -0.15) is 0 Å². The van der Waals surface area contributed by atoms with E-state index in [1.165, 1.54) is 99.4 Å². The molecule has 1 heteroatoms. The molecule has 0 amide bonds. The summed E-state index contributed by atoms with van der Waals surface area (Å²) in [7, 11) is 0. The molecular formula is C55H43N. The lowest BCUT2D eigenvalue weighted by Crippen LogP contribution is -2.01. The Morgan fingerprint density at radius 1 is 0.500 bits per heavy atom. The van der Waals surface area contributed by atoms with Crippen molar-refractivity contribution >= 4 is 27.1 Å². The Balaban J connectivity index is 0.000000773. The molecule has 0 spiro atoms. The first-order chi connectivity index (χ1) is 27.6. The third-order valence-corrected chi connectivity index (χ3v) is 11.4. The Kier molecular flexibility index (Phi) is 9.13. The van der Waals surface area contributed by atoms with Gasteiger partial charge in [0.25, 0.3) is 0 Å². The predicted octanol–water partition coefficient (Wildman–Crippen LogP) is 14.8. The summed E-state index contributed by atoms with van der Waals surface area (Å²) in [6, 6.07) is 56.7. The Hall–Kier alpha value is -6.96. The Morgan fingerprint density at radius 2 is 1.04 bits per heavy atom. The molecule has 2 aliphatic carbocycles. The Bertz CT molecular complexity index is 2890. The van der Waals surface area contributed by atoms with Crippen molar-refractivity contribution < 1.29 is 0 Å². The summed E-state index contributed by atoms with van der Waals surface area (Å²) < 4.78 is 0. The van der Waals surface area contributed by atoms with E-state index in [2.05, 4.69) is 164 Å². The lowest BCUT2D eigenvalue weighted by Gasteiger charge is -2.23. The number of benzene rings is 8. The van der Waals surface area contributed by atoms with Crippen LogP contribution in [0.5, 0.6) is 0 Å². The summed E-state index contributed by atoms with van der Waals surface area (Å²) in [6.07, 6.45) is 12.2. The topological polar surface area (TPSA) is 26.0 Å². The zero-order chi connectivity index (χ0) is 38.2. The first-order valence-corrected chi connectivity index (χ1v) is 19.4. The van der Waals surface area contributed by atoms with Crippen LogP contribution in [-0.4, -0.2) is 0 Å². The Labute approximate surface area is 330 Å². The molecule has 10 rings (SSSR count). The van der Waals surface area contributed by atoms with Crippen LogP contribution >= 0.6 is 0 Å². The molecule has 2 N–H and O–H groups in total. The van der Waals surface area contributed by atoms with E-state index in [1.807, 2.05) is 32.1 Å². The molecule has 0 radical (unpaired) electrons. The van der Waals surface area contributed by atoms with Gasteiger partial charge in [-0.3, -0.25) is 0 Å². The standard InChI is InChI=1S/C50H35N.C5H8/c1-2-31(25-26-51)32-17-19-33(20-18-32)36-28-37(40-21-23-47-39-11-4-3-9-34(39)27-35-10-7-14-44(40)49(35)47)30-38(29-36)41-22-24-48-43-13-6-5-12-42(43)46-16-8-15-45(41)50(46)48;1-3-5-4-2/h2-26,28-30H,27,51H2,1H3;3-5H,1H2,2H3/b26-25-,31-2+;5-4-. The number of hydrogen-bond acceptors (Lipinski definition) is 1. The van der Waals surface area contributed by atoms with Gasteiger partial charge in [-0.05, 0) is 161 Å². The van der Waals surface area contributed by atoms with E-state index in [0.29, 0.717) is 0 Å². The van der Waals surface area contributed by atoms with Gasteiger partial charge in [0, 0.05) is 0 Å². The largest absolute Gasteiger partial charge is 0.405 e. The minimum absolute atomic E-state index is 0.957. The van der Waals surface area contributed by atoms with Gasteiger partial charge in [0.15, 0.2) is 0 Å². The summed E-state index contributed by atoms with van der Waals surface area (Å²) in [4.78, 5) is 0. The van der Waals surface area contributed by atoms with E-state index >= 15 is 0 Å². The molecule has 0 atom stereocenters. The monoisotopic (exact) mass is 717 g/mol. The van der Waals surface area contributed by atoms with Crippen LogP contribution < -0.4 is 5.73 Å². The highest BCUT2D eigenvalue weighted by molar-refractivity contribution is 6.19. The van der Waals surface area contributed by atoms with Crippen LogP contribution in [0.25, 0.3) is 93.9 Å². The molecule has 1 nitrogen and oxygen atoms in total. The second-order valence-corrected chi connectivity index (χ2v) is 14.5. The summed E-state index contributed by atoms with van der Waals surface area (Å²) in [5.74, 6) is 0. The maximum Gasteiger partial charge on any atom is -0.00132 e. The number of nitrogens with two attached hydrogens (primary N) is 1. The maximum absolute atomic E-state index is 5.77. The third kappa shape index (κ3) is 5.90. The van der Waals surface area contributed by atoms with Crippen molar-refractivity contribution in [1.29, 1.82) is 0 Å². The highest BCUT2D eigenvalue weighted by Gasteiger charge is 2.24. The highest BCUT2D eigenvalue weighted by atomic mass is 14.5. The Morgan fingerprint density at radius 3 is 1.66 bits per heavy atom. The fraction of sp³-hybridized carbons (Fsp3) is 0.0545. The maximum atomic E-state index is 5.77. The number of allylic oxidation sites excluding steroid dienone is 6. The molecule has 0 aliphatic heterocycles. The fourth-order valence-corrected chi connectivity index (χ4v) is 8.87. The van der Waals surface area contributed by atoms with Gasteiger partial charge < -0.3 is 5.73 Å². The summed E-state index contributed by atoms with van der Waals surface area (Å²) in [5, 5.41) is 5.32. The molecule has 0 fully saturated rings. The van der Waals surface area contributed by atoms with E-state index < -0.39 is 0 Å². The SMILES string of the molecule is C/C=C(\C=C/N)c1ccc(-c2cc(-c3ccc4c5c(cccc35)Cc3ccccc3-4)cc(-c3ccc4c5c(cccc35)-c3ccccc3-4)c2)cc1.C=C/C=C\C. The zero-order valence-corrected chi connectivity index (χ0v) is 31.9. The first kappa shape index (κ1) is 34.8. The molecule has 8 aromatic rings. The minimum Gasteiger partial charge on any atom is -0.405 e. The molecule has 0 saturated carbocycles. The second kappa shape index (κ2) is 14.7. The van der Waals surface area contributed by atoms with Gasteiger partial charge in [0.2, 0.25) is 0 Å². The van der Waals surface area contributed by atoms with Gasteiger partial charge in [-0.1, -0.05) is 164 Å². The summed E-state index contributed by atoms with van der Waals surface area (Å²) in [6.45, 7) is 7.47. The predicted molar refractivity (Wildman–Crippen MR) is 242 cm³/mol. The quantitative estimate of drug-likeness (QED) is 0.170. The second-order valence-electron chi connectivity index (χ2n) is 14.5. The van der Waals surface area contributed by atoms with Crippen LogP contribution in [0.3, 0.4) is 0 Å². The van der Waals surface area contributed by atoms with Gasteiger partial charge in [0.1, 0.15) is 0 Å². The number of rotatable bonds is 6. The van der Waals surface area contributed by atoms with Crippen molar-refractivity contribution in [3.63, 3.8) is 0 Å². The molecule has 268 valence electrons. The van der Waals surface area contributed by atoms with E-state index in [1.54, 1.807) is 12.3 Å². The lowest BCUT2D eigenvalue weighted by atomic mass is 9.81. The van der Waals surface area contributed by atoms with Crippen LogP contribution in [-0.2, 0) is 6.42 Å². The average Bonchev–Trinajstić information content (AvgIpc) is 3.58. The number of hydrogen-bond donors (Lipinski definition) is 1. The van der Waals surface area contributed by atoms with Crippen molar-refractivity contribution in [2.75, 3.05) is 0 Å². The van der Waals surface area contributed by atoms with Crippen LogP contribution in [0.15, 0.2) is 195 Å². The normalized spacial score (nSPS) is 12.5. The molecule has 0 bridgehead atoms. The molecule has 0 unspecified atom stereocenters. The molecule has 0 heterocycles. The lowest BCUT2D eigenvalue weighted by molar-refractivity contribution is 1.20. The molecule has 0 saturated heterocycles. The fourth-order valence-electron chi connectivity index (χ4n) is 8.87. The van der Waals surface area contributed by atoms with Crippen molar-refractivity contribution in [3.8, 4) is 66.8 Å². The van der Waals surface area contributed by atoms with Crippen molar-refractivity contribution in [3.05, 3.63) is 212 Å². The highest BCUT2D eigenvalue weighted by Crippen LogP contribution is 2.50. The molecule has 2 aliphatic rings. The van der Waals surface area contributed by atoms with Crippen molar-refractivity contribution in [2.24, 2.45) is 5.73 Å². The minimum atomic E-state index is 0.957. The molecule has 56 heavy (non-hydrogen) atoms. The molecule has 8 aromatic carbocycles. The number of fused-ring (bicyclic) bond motifs is 5. The smallest absolute Gasteiger partial charge is 0.00132 e. The van der Waals surface area contributed by atoms with Crippen molar-refractivity contribution in [2.45, 2.75) is 20.3 Å². The van der Waals surface area contributed by atoms with Gasteiger partial charge >= 0.3 is 0 Å². The summed E-state index contributed by atoms with van der Waals surface area (Å²) in [5.41, 5.74) is 26.1. The van der Waals surface area contributed by atoms with Crippen LogP contribution in [0.2, 0.25) is 0 Å². The molecule has 0 aromatic heterocycles. The van der Waals surface area contributed by atoms with Gasteiger partial charge in [-0.25, -0.2) is 0 Å². The van der Waals surface area contributed by atoms with Crippen LogP contribution in [0.1, 0.15) is 30.5 Å². The third-order valence-electron chi connectivity index (χ3n) is 11.4. The van der Waals surface area contributed by atoms with Crippen molar-refractivity contribution in [1.82, 2.24) is 0 Å². The van der Waals surface area contributed by atoms with E-state index in [0.717, 1.165) is 17.6 Å². The van der Waals surface area contributed by atoms with E-state index in [-0.39, 0.29) is 0 Å². The first-order valence-electron chi connectivity index (χ1n) is 19.4. The average molecular weight is 718 g/mol. The van der Waals surface area contributed by atoms with Gasteiger partial charge in [0.05, 0.1) is 0 Å². The van der Waals surface area contributed by atoms with Gasteiger partial charge in [-0.15, -0.1) is 0 Å². The van der Waals surface area contributed by atoms with E-state index in [9.17, 15) is 0 Å². The van der Waals surface area contributed by atoms with Crippen LogP contribution in [0.4, 0.5) is 0 Å². The summed E-state index contributed by atoms with van der Waals surface area (Å²) >= 11 is 0. The van der Waals surface area contributed by atoms with Crippen LogP contribution in [0, 0.1) is 0 Å². The molecular weight excluding hydrogens is 675 g/mol. The van der Waals surface area contributed by atoms with E-state index in [4.69, 9.17) is 5.73 Å². The zero-order valence-electron chi connectivity index (χ0n) is 31.9.